The van der Waals surface area contributed by atoms with Crippen LogP contribution >= 0.6 is 0 Å². The highest BCUT2D eigenvalue weighted by molar-refractivity contribution is 5.69. The number of nitrogens with zero attached hydrogens (tertiary/aromatic N) is 3. The molecule has 1 aromatic heterocycles. The Morgan fingerprint density at radius 3 is 2.64 bits per heavy atom. The number of aromatic nitrogens is 2. The van der Waals surface area contributed by atoms with Gasteiger partial charge in [0.15, 0.2) is 5.82 Å². The lowest BCUT2D eigenvalue weighted by molar-refractivity contribution is 0.157. The van der Waals surface area contributed by atoms with E-state index in [1.807, 2.05) is 0 Å². The molecule has 1 fully saturated rings. The van der Waals surface area contributed by atoms with Crippen molar-refractivity contribution in [3.63, 3.8) is 0 Å². The summed E-state index contributed by atoms with van der Waals surface area (Å²) in [5.41, 5.74) is 0.809. The zero-order chi connectivity index (χ0) is 15.5. The SMILES string of the molecule is O=C1OCCN1CCn1c(Cc2ccc(F)cc2)noc1=O. The number of ether oxygens (including phenoxy) is 1. The molecule has 2 aromatic rings. The number of hydrogen-bond acceptors (Lipinski definition) is 5. The van der Waals surface area contributed by atoms with Crippen LogP contribution < -0.4 is 5.76 Å². The molecule has 1 aliphatic heterocycles. The number of hydrogen-bond donors (Lipinski definition) is 0. The maximum Gasteiger partial charge on any atom is 0.441 e. The molecule has 0 spiro atoms. The normalized spacial score (nSPS) is 14.4. The number of halogens is 1. The minimum Gasteiger partial charge on any atom is -0.448 e. The van der Waals surface area contributed by atoms with Gasteiger partial charge < -0.3 is 9.64 Å². The second-order valence-corrected chi connectivity index (χ2v) is 4.92. The van der Waals surface area contributed by atoms with Crippen LogP contribution in [0, 0.1) is 5.82 Å². The van der Waals surface area contributed by atoms with Crippen molar-refractivity contribution in [1.82, 2.24) is 14.6 Å². The van der Waals surface area contributed by atoms with Crippen molar-refractivity contribution in [2.75, 3.05) is 19.7 Å². The topological polar surface area (TPSA) is 77.6 Å². The largest absolute Gasteiger partial charge is 0.448 e. The first-order valence-corrected chi connectivity index (χ1v) is 6.85. The quantitative estimate of drug-likeness (QED) is 0.824. The summed E-state index contributed by atoms with van der Waals surface area (Å²) in [5.74, 6) is -0.470. The van der Waals surface area contributed by atoms with E-state index < -0.39 is 5.76 Å². The van der Waals surface area contributed by atoms with E-state index in [4.69, 9.17) is 4.74 Å². The summed E-state index contributed by atoms with van der Waals surface area (Å²) < 4.78 is 23.8. The lowest BCUT2D eigenvalue weighted by atomic mass is 10.1. The monoisotopic (exact) mass is 307 g/mol. The molecule has 22 heavy (non-hydrogen) atoms. The second kappa shape index (κ2) is 6.00. The molecule has 1 aliphatic rings. The summed E-state index contributed by atoms with van der Waals surface area (Å²) in [6.45, 7) is 1.48. The molecular formula is C14H14FN3O4. The summed E-state index contributed by atoms with van der Waals surface area (Å²) >= 11 is 0. The molecule has 1 aromatic carbocycles. The highest BCUT2D eigenvalue weighted by atomic mass is 19.1. The molecule has 0 unspecified atom stereocenters. The fourth-order valence-electron chi connectivity index (χ4n) is 2.28. The van der Waals surface area contributed by atoms with Gasteiger partial charge in [0.25, 0.3) is 0 Å². The van der Waals surface area contributed by atoms with Crippen LogP contribution in [0.25, 0.3) is 0 Å². The average molecular weight is 307 g/mol. The van der Waals surface area contributed by atoms with Crippen molar-refractivity contribution in [3.05, 3.63) is 52.0 Å². The van der Waals surface area contributed by atoms with Crippen molar-refractivity contribution in [2.24, 2.45) is 0 Å². The molecule has 116 valence electrons. The lowest BCUT2D eigenvalue weighted by Crippen LogP contribution is -2.31. The van der Waals surface area contributed by atoms with E-state index in [-0.39, 0.29) is 18.5 Å². The Labute approximate surface area is 124 Å². The smallest absolute Gasteiger partial charge is 0.441 e. The number of carbonyl (C=O) groups is 1. The minimum atomic E-state index is -0.579. The van der Waals surface area contributed by atoms with Crippen molar-refractivity contribution in [1.29, 1.82) is 0 Å². The molecule has 1 saturated heterocycles. The van der Waals surface area contributed by atoms with Gasteiger partial charge in [0, 0.05) is 19.5 Å². The molecule has 1 amide bonds. The summed E-state index contributed by atoms with van der Waals surface area (Å²) in [5, 5.41) is 3.74. The van der Waals surface area contributed by atoms with Crippen LogP contribution in [0.1, 0.15) is 11.4 Å². The van der Waals surface area contributed by atoms with E-state index in [0.29, 0.717) is 31.9 Å². The molecule has 0 bridgehead atoms. The lowest BCUT2D eigenvalue weighted by Gasteiger charge is -2.12. The van der Waals surface area contributed by atoms with Gasteiger partial charge in [-0.05, 0) is 17.7 Å². The third-order valence-corrected chi connectivity index (χ3v) is 3.48. The first-order chi connectivity index (χ1) is 10.6. The van der Waals surface area contributed by atoms with Crippen molar-refractivity contribution in [3.8, 4) is 0 Å². The van der Waals surface area contributed by atoms with Crippen LogP contribution in [0.3, 0.4) is 0 Å². The van der Waals surface area contributed by atoms with Crippen LogP contribution in [0.15, 0.2) is 33.6 Å². The van der Waals surface area contributed by atoms with E-state index in [1.165, 1.54) is 21.6 Å². The Balaban J connectivity index is 1.71. The minimum absolute atomic E-state index is 0.272. The predicted octanol–water partition coefficient (Wildman–Crippen LogP) is 1.02. The third-order valence-electron chi connectivity index (χ3n) is 3.48. The highest BCUT2D eigenvalue weighted by Crippen LogP contribution is 2.09. The molecule has 0 atom stereocenters. The highest BCUT2D eigenvalue weighted by Gasteiger charge is 2.22. The first kappa shape index (κ1) is 14.3. The Hall–Kier alpha value is -2.64. The van der Waals surface area contributed by atoms with Gasteiger partial charge in [-0.15, -0.1) is 0 Å². The number of benzene rings is 1. The maximum atomic E-state index is 12.9. The van der Waals surface area contributed by atoms with Gasteiger partial charge >= 0.3 is 11.8 Å². The second-order valence-electron chi connectivity index (χ2n) is 4.92. The maximum absolute atomic E-state index is 12.9. The van der Waals surface area contributed by atoms with Crippen LogP contribution in [-0.2, 0) is 17.7 Å². The van der Waals surface area contributed by atoms with Crippen molar-refractivity contribution < 1.29 is 18.4 Å². The van der Waals surface area contributed by atoms with Gasteiger partial charge in [-0.25, -0.2) is 14.0 Å². The van der Waals surface area contributed by atoms with E-state index in [1.54, 1.807) is 12.1 Å². The van der Waals surface area contributed by atoms with E-state index >= 15 is 0 Å². The molecule has 0 N–H and O–H groups in total. The fourth-order valence-corrected chi connectivity index (χ4v) is 2.28. The number of carbonyl (C=O) groups excluding carboxylic acids is 1. The third kappa shape index (κ3) is 3.00. The van der Waals surface area contributed by atoms with Crippen LogP contribution in [0.5, 0.6) is 0 Å². The van der Waals surface area contributed by atoms with Gasteiger partial charge in [-0.1, -0.05) is 17.3 Å². The Bertz CT molecular complexity index is 722. The molecule has 7 nitrogen and oxygen atoms in total. The van der Waals surface area contributed by atoms with E-state index in [0.717, 1.165) is 5.56 Å². The molecule has 0 aliphatic carbocycles. The first-order valence-electron chi connectivity index (χ1n) is 6.85. The zero-order valence-corrected chi connectivity index (χ0v) is 11.7. The van der Waals surface area contributed by atoms with Gasteiger partial charge in [0.2, 0.25) is 0 Å². The molecule has 0 radical (unpaired) electrons. The summed E-state index contributed by atoms with van der Waals surface area (Å²) in [6, 6.07) is 5.93. The summed E-state index contributed by atoms with van der Waals surface area (Å²) in [4.78, 5) is 24.6. The van der Waals surface area contributed by atoms with Crippen LogP contribution in [0.2, 0.25) is 0 Å². The molecular weight excluding hydrogens is 293 g/mol. The predicted molar refractivity (Wildman–Crippen MR) is 72.9 cm³/mol. The number of rotatable bonds is 5. The average Bonchev–Trinajstić information content (AvgIpc) is 3.06. The summed E-state index contributed by atoms with van der Waals surface area (Å²) in [6.07, 6.45) is -0.0409. The number of cyclic esters (lactones) is 1. The Morgan fingerprint density at radius 2 is 1.95 bits per heavy atom. The Kier molecular flexibility index (Phi) is 3.90. The van der Waals surface area contributed by atoms with Crippen LogP contribution in [0.4, 0.5) is 9.18 Å². The van der Waals surface area contributed by atoms with Gasteiger partial charge in [0.05, 0.1) is 6.54 Å². The van der Waals surface area contributed by atoms with E-state index in [2.05, 4.69) is 9.68 Å². The van der Waals surface area contributed by atoms with Crippen molar-refractivity contribution in [2.45, 2.75) is 13.0 Å². The molecule has 2 heterocycles. The standard InChI is InChI=1S/C14H14FN3O4/c15-11-3-1-10(2-4-11)9-12-16-22-14(20)18(12)6-5-17-7-8-21-13(17)19/h1-4H,5-9H2. The zero-order valence-electron chi connectivity index (χ0n) is 11.7. The van der Waals surface area contributed by atoms with E-state index in [9.17, 15) is 14.0 Å². The van der Waals surface area contributed by atoms with Crippen LogP contribution in [-0.4, -0.2) is 40.4 Å². The van der Waals surface area contributed by atoms with Gasteiger partial charge in [-0.2, -0.15) is 0 Å². The molecule has 0 saturated carbocycles. The molecule has 8 heteroatoms. The Morgan fingerprint density at radius 1 is 1.18 bits per heavy atom. The number of amides is 1. The molecule has 3 rings (SSSR count). The van der Waals surface area contributed by atoms with Gasteiger partial charge in [0.1, 0.15) is 12.4 Å². The van der Waals surface area contributed by atoms with Gasteiger partial charge in [-0.3, -0.25) is 9.09 Å². The summed E-state index contributed by atoms with van der Waals surface area (Å²) in [7, 11) is 0. The van der Waals surface area contributed by atoms with Crippen molar-refractivity contribution >= 4 is 6.09 Å². The fraction of sp³-hybridized carbons (Fsp3) is 0.357.